The molecular formula is C12H19NS. The second-order valence-electron chi connectivity index (χ2n) is 3.60. The highest BCUT2D eigenvalue weighted by atomic mass is 32.2. The molecule has 1 nitrogen and oxygen atoms in total. The fourth-order valence-corrected chi connectivity index (χ4v) is 1.95. The molecule has 0 amide bonds. The van der Waals surface area contributed by atoms with Gasteiger partial charge in [-0.15, -0.1) is 11.8 Å². The average molecular weight is 209 g/mol. The van der Waals surface area contributed by atoms with Gasteiger partial charge in [-0.1, -0.05) is 25.5 Å². The van der Waals surface area contributed by atoms with Crippen LogP contribution in [-0.2, 0) is 6.42 Å². The van der Waals surface area contributed by atoms with Crippen molar-refractivity contribution < 1.29 is 0 Å². The fourth-order valence-electron chi connectivity index (χ4n) is 1.54. The lowest BCUT2D eigenvalue weighted by atomic mass is 10.0. The Kier molecular flexibility index (Phi) is 5.05. The highest BCUT2D eigenvalue weighted by molar-refractivity contribution is 7.98. The first-order valence-corrected chi connectivity index (χ1v) is 6.37. The van der Waals surface area contributed by atoms with Crippen LogP contribution in [0.4, 0.5) is 0 Å². The maximum atomic E-state index is 5.98. The molecule has 1 atom stereocenters. The Hall–Kier alpha value is -0.470. The summed E-state index contributed by atoms with van der Waals surface area (Å²) in [4.78, 5) is 1.32. The van der Waals surface area contributed by atoms with Gasteiger partial charge < -0.3 is 5.73 Å². The minimum atomic E-state index is 0.320. The molecule has 1 rings (SSSR count). The zero-order valence-corrected chi connectivity index (χ0v) is 9.81. The van der Waals surface area contributed by atoms with E-state index in [1.165, 1.54) is 16.9 Å². The highest BCUT2D eigenvalue weighted by Gasteiger charge is 2.02. The summed E-state index contributed by atoms with van der Waals surface area (Å²) in [5.74, 6) is 0. The van der Waals surface area contributed by atoms with Crippen LogP contribution in [0.1, 0.15) is 25.3 Å². The molecule has 0 bridgehead atoms. The molecule has 2 N–H and O–H groups in total. The van der Waals surface area contributed by atoms with Crippen molar-refractivity contribution in [2.45, 2.75) is 37.1 Å². The Morgan fingerprint density at radius 2 is 1.93 bits per heavy atom. The Balaban J connectivity index is 2.50. The molecular weight excluding hydrogens is 190 g/mol. The number of thioether (sulfide) groups is 1. The first-order chi connectivity index (χ1) is 6.76. The molecule has 0 heterocycles. The van der Waals surface area contributed by atoms with E-state index in [4.69, 9.17) is 5.73 Å². The third-order valence-corrected chi connectivity index (χ3v) is 3.06. The average Bonchev–Trinajstić information content (AvgIpc) is 2.19. The van der Waals surface area contributed by atoms with Gasteiger partial charge in [-0.3, -0.25) is 0 Å². The number of nitrogens with two attached hydrogens (primary N) is 1. The number of hydrogen-bond donors (Lipinski definition) is 1. The van der Waals surface area contributed by atoms with Gasteiger partial charge in [0.1, 0.15) is 0 Å². The summed E-state index contributed by atoms with van der Waals surface area (Å²) in [6.07, 6.45) is 5.38. The van der Waals surface area contributed by atoms with E-state index in [2.05, 4.69) is 37.4 Å². The third kappa shape index (κ3) is 3.72. The van der Waals surface area contributed by atoms with E-state index < -0.39 is 0 Å². The summed E-state index contributed by atoms with van der Waals surface area (Å²) in [5.41, 5.74) is 7.33. The van der Waals surface area contributed by atoms with Crippen LogP contribution < -0.4 is 5.73 Å². The van der Waals surface area contributed by atoms with E-state index in [1.807, 2.05) is 0 Å². The standard InChI is InChI=1S/C12H19NS/c1-3-4-11(13)9-10-5-7-12(14-2)8-6-10/h5-8,11H,3-4,9,13H2,1-2H3. The van der Waals surface area contributed by atoms with Gasteiger partial charge in [0.15, 0.2) is 0 Å². The lowest BCUT2D eigenvalue weighted by Gasteiger charge is -2.10. The van der Waals surface area contributed by atoms with Crippen LogP contribution in [0.2, 0.25) is 0 Å². The van der Waals surface area contributed by atoms with Crippen LogP contribution >= 0.6 is 11.8 Å². The van der Waals surface area contributed by atoms with E-state index in [-0.39, 0.29) is 0 Å². The van der Waals surface area contributed by atoms with E-state index in [0.29, 0.717) is 6.04 Å². The Labute approximate surface area is 91.1 Å². The van der Waals surface area contributed by atoms with Gasteiger partial charge in [0.2, 0.25) is 0 Å². The molecule has 0 aromatic heterocycles. The summed E-state index contributed by atoms with van der Waals surface area (Å²) >= 11 is 1.78. The van der Waals surface area contributed by atoms with Gasteiger partial charge in [0.05, 0.1) is 0 Å². The molecule has 14 heavy (non-hydrogen) atoms. The first-order valence-electron chi connectivity index (χ1n) is 5.14. The summed E-state index contributed by atoms with van der Waals surface area (Å²) in [7, 11) is 0. The summed E-state index contributed by atoms with van der Waals surface area (Å²) in [5, 5.41) is 0. The lowest BCUT2D eigenvalue weighted by molar-refractivity contribution is 0.600. The second kappa shape index (κ2) is 6.10. The van der Waals surface area contributed by atoms with Crippen molar-refractivity contribution in [2.75, 3.05) is 6.26 Å². The molecule has 0 saturated carbocycles. The maximum Gasteiger partial charge on any atom is 0.00792 e. The van der Waals surface area contributed by atoms with Gasteiger partial charge in [0, 0.05) is 10.9 Å². The molecule has 1 unspecified atom stereocenters. The van der Waals surface area contributed by atoms with Gasteiger partial charge >= 0.3 is 0 Å². The topological polar surface area (TPSA) is 26.0 Å². The lowest BCUT2D eigenvalue weighted by Crippen LogP contribution is -2.22. The van der Waals surface area contributed by atoms with Crippen LogP contribution in [0.5, 0.6) is 0 Å². The number of rotatable bonds is 5. The SMILES string of the molecule is CCCC(N)Cc1ccc(SC)cc1. The van der Waals surface area contributed by atoms with Crippen LogP contribution in [0.3, 0.4) is 0 Å². The molecule has 78 valence electrons. The van der Waals surface area contributed by atoms with Gasteiger partial charge in [0.25, 0.3) is 0 Å². The highest BCUT2D eigenvalue weighted by Crippen LogP contribution is 2.15. The van der Waals surface area contributed by atoms with Gasteiger partial charge in [-0.2, -0.15) is 0 Å². The van der Waals surface area contributed by atoms with E-state index in [0.717, 1.165) is 12.8 Å². The molecule has 0 radical (unpaired) electrons. The molecule has 2 heteroatoms. The van der Waals surface area contributed by atoms with Crippen molar-refractivity contribution in [2.24, 2.45) is 5.73 Å². The van der Waals surface area contributed by atoms with E-state index >= 15 is 0 Å². The number of hydrogen-bond acceptors (Lipinski definition) is 2. The van der Waals surface area contributed by atoms with Crippen molar-refractivity contribution in [3.8, 4) is 0 Å². The molecule has 0 fully saturated rings. The largest absolute Gasteiger partial charge is 0.327 e. The molecule has 0 aliphatic rings. The molecule has 0 aliphatic carbocycles. The zero-order chi connectivity index (χ0) is 10.4. The number of benzene rings is 1. The minimum absolute atomic E-state index is 0.320. The van der Waals surface area contributed by atoms with Gasteiger partial charge in [-0.05, 0) is 36.8 Å². The van der Waals surface area contributed by atoms with Crippen molar-refractivity contribution in [1.29, 1.82) is 0 Å². The fraction of sp³-hybridized carbons (Fsp3) is 0.500. The summed E-state index contributed by atoms with van der Waals surface area (Å²) in [6, 6.07) is 9.01. The summed E-state index contributed by atoms with van der Waals surface area (Å²) < 4.78 is 0. The van der Waals surface area contributed by atoms with Crippen LogP contribution in [0.25, 0.3) is 0 Å². The van der Waals surface area contributed by atoms with E-state index in [9.17, 15) is 0 Å². The molecule has 1 aromatic rings. The quantitative estimate of drug-likeness (QED) is 0.754. The monoisotopic (exact) mass is 209 g/mol. The molecule has 0 spiro atoms. The minimum Gasteiger partial charge on any atom is -0.327 e. The normalized spacial score (nSPS) is 12.8. The molecule has 0 saturated heterocycles. The van der Waals surface area contributed by atoms with E-state index in [1.54, 1.807) is 11.8 Å². The smallest absolute Gasteiger partial charge is 0.00792 e. The Morgan fingerprint density at radius 3 is 2.43 bits per heavy atom. The molecule has 1 aromatic carbocycles. The van der Waals surface area contributed by atoms with Crippen molar-refractivity contribution in [3.05, 3.63) is 29.8 Å². The zero-order valence-electron chi connectivity index (χ0n) is 8.99. The van der Waals surface area contributed by atoms with Crippen molar-refractivity contribution in [1.82, 2.24) is 0 Å². The van der Waals surface area contributed by atoms with Crippen LogP contribution in [0, 0.1) is 0 Å². The summed E-state index contributed by atoms with van der Waals surface area (Å²) in [6.45, 7) is 2.18. The van der Waals surface area contributed by atoms with Crippen molar-refractivity contribution >= 4 is 11.8 Å². The Morgan fingerprint density at radius 1 is 1.29 bits per heavy atom. The second-order valence-corrected chi connectivity index (χ2v) is 4.48. The Bertz CT molecular complexity index is 256. The van der Waals surface area contributed by atoms with Gasteiger partial charge in [-0.25, -0.2) is 0 Å². The van der Waals surface area contributed by atoms with Crippen LogP contribution in [-0.4, -0.2) is 12.3 Å². The predicted molar refractivity (Wildman–Crippen MR) is 64.8 cm³/mol. The maximum absolute atomic E-state index is 5.98. The van der Waals surface area contributed by atoms with Crippen LogP contribution in [0.15, 0.2) is 29.2 Å². The molecule has 0 aliphatic heterocycles. The third-order valence-electron chi connectivity index (χ3n) is 2.32. The first kappa shape index (κ1) is 11.6. The van der Waals surface area contributed by atoms with Crippen molar-refractivity contribution in [3.63, 3.8) is 0 Å². The predicted octanol–water partition coefficient (Wildman–Crippen LogP) is 3.08.